The Morgan fingerprint density at radius 3 is 2.45 bits per heavy atom. The molecule has 66 valence electrons. The van der Waals surface area contributed by atoms with Crippen LogP contribution in [0.25, 0.3) is 0 Å². The molecule has 0 amide bonds. The topological polar surface area (TPSA) is 55.8 Å². The van der Waals surface area contributed by atoms with Gasteiger partial charge in [-0.05, 0) is 20.3 Å². The molecular formula is C7H14O4. The molecule has 0 bridgehead atoms. The summed E-state index contributed by atoms with van der Waals surface area (Å²) in [5.41, 5.74) is -1.48. The summed E-state index contributed by atoms with van der Waals surface area (Å²) < 4.78 is 0. The largest absolute Gasteiger partial charge is 0.379 e. The summed E-state index contributed by atoms with van der Waals surface area (Å²) in [6, 6.07) is 0. The zero-order valence-corrected chi connectivity index (χ0v) is 7.09. The van der Waals surface area contributed by atoms with Crippen molar-refractivity contribution in [2.45, 2.75) is 32.8 Å². The number of carbonyl (C=O) groups is 1. The highest BCUT2D eigenvalue weighted by Crippen LogP contribution is 2.03. The number of aliphatic hydroxyl groups is 1. The Hall–Kier alpha value is -0.610. The molecule has 0 aliphatic carbocycles. The van der Waals surface area contributed by atoms with E-state index in [1.807, 2.05) is 6.92 Å². The Bertz CT molecular complexity index is 125. The summed E-state index contributed by atoms with van der Waals surface area (Å²) in [5, 5.41) is 9.03. The van der Waals surface area contributed by atoms with E-state index in [4.69, 9.17) is 5.11 Å². The van der Waals surface area contributed by atoms with Crippen molar-refractivity contribution in [1.29, 1.82) is 0 Å². The molecule has 0 saturated carbocycles. The Labute approximate surface area is 66.0 Å². The van der Waals surface area contributed by atoms with E-state index in [0.717, 1.165) is 6.42 Å². The van der Waals surface area contributed by atoms with Crippen molar-refractivity contribution < 1.29 is 19.7 Å². The third-order valence-electron chi connectivity index (χ3n) is 0.922. The SMILES string of the molecule is CCCOOC(=O)C(C)(C)O. The van der Waals surface area contributed by atoms with Crippen molar-refractivity contribution in [3.05, 3.63) is 0 Å². The molecule has 0 aromatic rings. The lowest BCUT2D eigenvalue weighted by molar-refractivity contribution is -0.283. The van der Waals surface area contributed by atoms with Crippen molar-refractivity contribution >= 4 is 5.97 Å². The molecule has 0 fully saturated rings. The Balaban J connectivity index is 3.54. The van der Waals surface area contributed by atoms with Crippen LogP contribution in [-0.4, -0.2) is 23.3 Å². The van der Waals surface area contributed by atoms with E-state index < -0.39 is 11.6 Å². The minimum Gasteiger partial charge on any atom is -0.379 e. The molecule has 0 spiro atoms. The van der Waals surface area contributed by atoms with E-state index in [9.17, 15) is 4.79 Å². The molecule has 0 saturated heterocycles. The maximum atomic E-state index is 10.7. The Kier molecular flexibility index (Phi) is 4.07. The first-order valence-corrected chi connectivity index (χ1v) is 3.54. The zero-order chi connectivity index (χ0) is 8.91. The molecule has 0 unspecified atom stereocenters. The van der Waals surface area contributed by atoms with Crippen LogP contribution in [0.4, 0.5) is 0 Å². The lowest BCUT2D eigenvalue weighted by Crippen LogP contribution is -2.33. The first kappa shape index (κ1) is 10.4. The number of rotatable bonds is 4. The van der Waals surface area contributed by atoms with Crippen LogP contribution in [-0.2, 0) is 14.6 Å². The zero-order valence-electron chi connectivity index (χ0n) is 7.09. The van der Waals surface area contributed by atoms with Crippen LogP contribution in [0, 0.1) is 0 Å². The molecule has 0 aromatic carbocycles. The highest BCUT2D eigenvalue weighted by atomic mass is 17.2. The summed E-state index contributed by atoms with van der Waals surface area (Å²) in [4.78, 5) is 19.5. The Morgan fingerprint density at radius 1 is 1.55 bits per heavy atom. The van der Waals surface area contributed by atoms with Crippen LogP contribution in [0.15, 0.2) is 0 Å². The summed E-state index contributed by atoms with van der Waals surface area (Å²) in [7, 11) is 0. The molecule has 11 heavy (non-hydrogen) atoms. The van der Waals surface area contributed by atoms with Gasteiger partial charge in [0.25, 0.3) is 0 Å². The van der Waals surface area contributed by atoms with Crippen molar-refractivity contribution in [3.63, 3.8) is 0 Å². The summed E-state index contributed by atoms with van der Waals surface area (Å²) in [5.74, 6) is -0.772. The van der Waals surface area contributed by atoms with E-state index in [1.165, 1.54) is 13.8 Å². The smallest absolute Gasteiger partial charge is 0.372 e. The fourth-order valence-electron chi connectivity index (χ4n) is 0.280. The molecule has 0 rings (SSSR count). The minimum atomic E-state index is -1.48. The van der Waals surface area contributed by atoms with Gasteiger partial charge in [-0.2, -0.15) is 4.89 Å². The summed E-state index contributed by atoms with van der Waals surface area (Å²) in [6.07, 6.45) is 0.763. The van der Waals surface area contributed by atoms with E-state index in [-0.39, 0.29) is 0 Å². The first-order valence-electron chi connectivity index (χ1n) is 3.54. The van der Waals surface area contributed by atoms with Gasteiger partial charge in [-0.3, -0.25) is 4.89 Å². The lowest BCUT2D eigenvalue weighted by Gasteiger charge is -2.13. The average Bonchev–Trinajstić information content (AvgIpc) is 1.86. The van der Waals surface area contributed by atoms with E-state index >= 15 is 0 Å². The molecule has 1 N–H and O–H groups in total. The predicted octanol–water partition coefficient (Wildman–Crippen LogP) is 0.642. The molecule has 0 radical (unpaired) electrons. The van der Waals surface area contributed by atoms with E-state index in [2.05, 4.69) is 9.78 Å². The average molecular weight is 162 g/mol. The highest BCUT2D eigenvalue weighted by molar-refractivity contribution is 5.77. The number of hydrogen-bond donors (Lipinski definition) is 1. The van der Waals surface area contributed by atoms with Crippen molar-refractivity contribution in [2.75, 3.05) is 6.61 Å². The van der Waals surface area contributed by atoms with Crippen LogP contribution in [0.5, 0.6) is 0 Å². The van der Waals surface area contributed by atoms with Crippen LogP contribution < -0.4 is 0 Å². The fourth-order valence-corrected chi connectivity index (χ4v) is 0.280. The summed E-state index contributed by atoms with van der Waals surface area (Å²) >= 11 is 0. The second-order valence-corrected chi connectivity index (χ2v) is 2.75. The van der Waals surface area contributed by atoms with Gasteiger partial charge >= 0.3 is 5.97 Å². The molecule has 0 aromatic heterocycles. The van der Waals surface area contributed by atoms with Gasteiger partial charge in [0.15, 0.2) is 5.60 Å². The molecule has 4 nitrogen and oxygen atoms in total. The second kappa shape index (κ2) is 4.31. The molecule has 0 aliphatic heterocycles. The Morgan fingerprint density at radius 2 is 2.09 bits per heavy atom. The first-order chi connectivity index (χ1) is 4.98. The van der Waals surface area contributed by atoms with Crippen LogP contribution in [0.1, 0.15) is 27.2 Å². The van der Waals surface area contributed by atoms with Crippen LogP contribution in [0.2, 0.25) is 0 Å². The molecule has 0 atom stereocenters. The van der Waals surface area contributed by atoms with Gasteiger partial charge in [0.05, 0.1) is 6.61 Å². The third-order valence-corrected chi connectivity index (χ3v) is 0.922. The van der Waals surface area contributed by atoms with Crippen molar-refractivity contribution in [3.8, 4) is 0 Å². The van der Waals surface area contributed by atoms with Gasteiger partial charge < -0.3 is 5.11 Å². The second-order valence-electron chi connectivity index (χ2n) is 2.75. The predicted molar refractivity (Wildman–Crippen MR) is 38.6 cm³/mol. The number of hydrogen-bond acceptors (Lipinski definition) is 4. The monoisotopic (exact) mass is 162 g/mol. The summed E-state index contributed by atoms with van der Waals surface area (Å²) in [6.45, 7) is 4.91. The lowest BCUT2D eigenvalue weighted by atomic mass is 10.1. The fraction of sp³-hybridized carbons (Fsp3) is 0.857. The van der Waals surface area contributed by atoms with E-state index in [1.54, 1.807) is 0 Å². The van der Waals surface area contributed by atoms with Gasteiger partial charge in [0.1, 0.15) is 0 Å². The van der Waals surface area contributed by atoms with Gasteiger partial charge in [-0.1, -0.05) is 6.92 Å². The standard InChI is InChI=1S/C7H14O4/c1-4-5-10-11-6(8)7(2,3)9/h9H,4-5H2,1-3H3. The highest BCUT2D eigenvalue weighted by Gasteiger charge is 2.26. The van der Waals surface area contributed by atoms with Crippen molar-refractivity contribution in [2.24, 2.45) is 0 Å². The third kappa shape index (κ3) is 4.75. The van der Waals surface area contributed by atoms with Gasteiger partial charge in [0.2, 0.25) is 0 Å². The minimum absolute atomic E-state index is 0.349. The normalized spacial score (nSPS) is 11.3. The van der Waals surface area contributed by atoms with Crippen LogP contribution >= 0.6 is 0 Å². The van der Waals surface area contributed by atoms with E-state index in [0.29, 0.717) is 6.61 Å². The molecular weight excluding hydrogens is 148 g/mol. The van der Waals surface area contributed by atoms with Crippen LogP contribution in [0.3, 0.4) is 0 Å². The molecule has 0 heterocycles. The van der Waals surface area contributed by atoms with Crippen molar-refractivity contribution in [1.82, 2.24) is 0 Å². The van der Waals surface area contributed by atoms with Gasteiger partial charge in [0, 0.05) is 0 Å². The maximum absolute atomic E-state index is 10.7. The number of carbonyl (C=O) groups excluding carboxylic acids is 1. The van der Waals surface area contributed by atoms with Gasteiger partial charge in [-0.15, -0.1) is 0 Å². The molecule has 4 heteroatoms. The van der Waals surface area contributed by atoms with Gasteiger partial charge in [-0.25, -0.2) is 4.79 Å². The molecule has 0 aliphatic rings. The quantitative estimate of drug-likeness (QED) is 0.374. The maximum Gasteiger partial charge on any atom is 0.372 e.